The van der Waals surface area contributed by atoms with Crippen LogP contribution in [0.5, 0.6) is 0 Å². The van der Waals surface area contributed by atoms with Crippen LogP contribution in [0.2, 0.25) is 0 Å². The molecule has 2 aromatic heterocycles. The van der Waals surface area contributed by atoms with E-state index in [0.29, 0.717) is 17.6 Å². The number of anilines is 4. The number of carbonyl (C=O) groups excluding carboxylic acids is 1. The Morgan fingerprint density at radius 3 is 2.48 bits per heavy atom. The van der Waals surface area contributed by atoms with E-state index in [1.54, 1.807) is 12.1 Å². The third kappa shape index (κ3) is 5.19. The monoisotopic (exact) mass is 445 g/mol. The Balaban J connectivity index is 1.20. The second kappa shape index (κ2) is 9.01. The molecular weight excluding hydrogens is 418 g/mol. The van der Waals surface area contributed by atoms with Crippen LogP contribution >= 0.6 is 0 Å². The number of nitrogens with one attached hydrogen (secondary N) is 2. The molecule has 0 radical (unpaired) electrons. The molecule has 0 unspecified atom stereocenters. The Kier molecular flexibility index (Phi) is 5.77. The quantitative estimate of drug-likeness (QED) is 0.575. The summed E-state index contributed by atoms with van der Waals surface area (Å²) in [5.41, 5.74) is 3.00. The Hall–Kier alpha value is -3.75. The van der Waals surface area contributed by atoms with Crippen molar-refractivity contribution >= 4 is 29.0 Å². The molecule has 170 valence electrons. The molecule has 33 heavy (non-hydrogen) atoms. The molecule has 5 rings (SSSR count). The van der Waals surface area contributed by atoms with E-state index in [-0.39, 0.29) is 18.0 Å². The summed E-state index contributed by atoms with van der Waals surface area (Å²) >= 11 is 0. The highest BCUT2D eigenvalue weighted by Crippen LogP contribution is 2.38. The summed E-state index contributed by atoms with van der Waals surface area (Å²) < 4.78 is 1.32. The third-order valence-corrected chi connectivity index (χ3v) is 5.91. The van der Waals surface area contributed by atoms with Gasteiger partial charge in [0.25, 0.3) is 5.56 Å². The minimum Gasteiger partial charge on any atom is -0.356 e. The standard InChI is InChI=1S/C24H27N7O2/c1-16-12-21(30-10-2-3-11-30)29-24(26-16)28-19-8-6-18(7-9-19)27-22(32)14-31-15-25-20(13-23(31)33)17-4-5-17/h6-9,12-13,15,17H,2-5,10-11,14H2,1H3,(H,27,32)(H,26,28,29). The lowest BCUT2D eigenvalue weighted by Crippen LogP contribution is -2.27. The molecule has 2 fully saturated rings. The summed E-state index contributed by atoms with van der Waals surface area (Å²) in [6.07, 6.45) is 6.00. The van der Waals surface area contributed by atoms with E-state index in [9.17, 15) is 9.59 Å². The lowest BCUT2D eigenvalue weighted by atomic mass is 10.2. The van der Waals surface area contributed by atoms with Gasteiger partial charge in [0, 0.05) is 48.2 Å². The molecule has 1 aromatic carbocycles. The molecule has 1 saturated heterocycles. The first-order valence-corrected chi connectivity index (χ1v) is 11.4. The summed E-state index contributed by atoms with van der Waals surface area (Å²) in [6, 6.07) is 10.9. The van der Waals surface area contributed by atoms with Crippen molar-refractivity contribution in [1.82, 2.24) is 19.5 Å². The molecule has 0 spiro atoms. The van der Waals surface area contributed by atoms with E-state index < -0.39 is 0 Å². The van der Waals surface area contributed by atoms with Crippen LogP contribution in [-0.2, 0) is 11.3 Å². The van der Waals surface area contributed by atoms with Crippen molar-refractivity contribution in [1.29, 1.82) is 0 Å². The van der Waals surface area contributed by atoms with E-state index in [1.807, 2.05) is 25.1 Å². The Bertz CT molecular complexity index is 1210. The van der Waals surface area contributed by atoms with Crippen LogP contribution in [0.3, 0.4) is 0 Å². The fourth-order valence-electron chi connectivity index (χ4n) is 4.00. The Labute approximate surface area is 191 Å². The summed E-state index contributed by atoms with van der Waals surface area (Å²) in [4.78, 5) is 40.4. The molecule has 3 heterocycles. The fourth-order valence-corrected chi connectivity index (χ4v) is 4.00. The maximum atomic E-state index is 12.4. The molecule has 1 aliphatic heterocycles. The summed E-state index contributed by atoms with van der Waals surface area (Å²) in [5.74, 6) is 1.62. The number of benzene rings is 1. The van der Waals surface area contributed by atoms with Crippen molar-refractivity contribution in [3.63, 3.8) is 0 Å². The number of aryl methyl sites for hydroxylation is 1. The van der Waals surface area contributed by atoms with Gasteiger partial charge in [-0.3, -0.25) is 14.2 Å². The van der Waals surface area contributed by atoms with Gasteiger partial charge >= 0.3 is 0 Å². The van der Waals surface area contributed by atoms with Gasteiger partial charge in [0.05, 0.1) is 12.0 Å². The largest absolute Gasteiger partial charge is 0.356 e. The van der Waals surface area contributed by atoms with Crippen LogP contribution in [0.25, 0.3) is 0 Å². The number of amides is 1. The first-order chi connectivity index (χ1) is 16.0. The topological polar surface area (TPSA) is 105 Å². The predicted molar refractivity (Wildman–Crippen MR) is 127 cm³/mol. The van der Waals surface area contributed by atoms with Crippen molar-refractivity contribution in [3.8, 4) is 0 Å². The zero-order valence-electron chi connectivity index (χ0n) is 18.6. The molecule has 0 atom stereocenters. The van der Waals surface area contributed by atoms with Crippen LogP contribution in [-0.4, -0.2) is 38.5 Å². The number of hydrogen-bond acceptors (Lipinski definition) is 7. The highest BCUT2D eigenvalue weighted by molar-refractivity contribution is 5.90. The smallest absolute Gasteiger partial charge is 0.254 e. The fraction of sp³-hybridized carbons (Fsp3) is 0.375. The van der Waals surface area contributed by atoms with Crippen molar-refractivity contribution in [2.45, 2.75) is 45.1 Å². The number of aromatic nitrogens is 4. The maximum Gasteiger partial charge on any atom is 0.254 e. The van der Waals surface area contributed by atoms with E-state index in [4.69, 9.17) is 0 Å². The van der Waals surface area contributed by atoms with Gasteiger partial charge in [-0.25, -0.2) is 9.97 Å². The molecule has 9 heteroatoms. The van der Waals surface area contributed by atoms with Gasteiger partial charge < -0.3 is 15.5 Å². The molecule has 1 saturated carbocycles. The van der Waals surface area contributed by atoms with E-state index in [0.717, 1.165) is 48.8 Å². The van der Waals surface area contributed by atoms with Gasteiger partial charge in [0.1, 0.15) is 12.4 Å². The summed E-state index contributed by atoms with van der Waals surface area (Å²) in [6.45, 7) is 3.94. The third-order valence-electron chi connectivity index (χ3n) is 5.91. The van der Waals surface area contributed by atoms with Crippen LogP contribution < -0.4 is 21.1 Å². The van der Waals surface area contributed by atoms with Gasteiger partial charge in [-0.2, -0.15) is 4.98 Å². The molecule has 2 aliphatic rings. The highest BCUT2D eigenvalue weighted by Gasteiger charge is 2.25. The number of nitrogens with zero attached hydrogens (tertiary/aromatic N) is 5. The number of carbonyl (C=O) groups is 1. The minimum absolute atomic E-state index is 0.0762. The Morgan fingerprint density at radius 1 is 1.06 bits per heavy atom. The molecule has 3 aromatic rings. The van der Waals surface area contributed by atoms with Crippen LogP contribution in [0.4, 0.5) is 23.1 Å². The SMILES string of the molecule is Cc1cc(N2CCCC2)nc(Nc2ccc(NC(=O)Cn3cnc(C4CC4)cc3=O)cc2)n1. The summed E-state index contributed by atoms with van der Waals surface area (Å²) in [5, 5.41) is 6.06. The van der Waals surface area contributed by atoms with E-state index in [2.05, 4.69) is 30.5 Å². The molecule has 1 aliphatic carbocycles. The van der Waals surface area contributed by atoms with E-state index in [1.165, 1.54) is 29.8 Å². The molecule has 0 bridgehead atoms. The average Bonchev–Trinajstić information content (AvgIpc) is 3.49. The molecule has 9 nitrogen and oxygen atoms in total. The van der Waals surface area contributed by atoms with Crippen molar-refractivity contribution < 1.29 is 4.79 Å². The second-order valence-corrected chi connectivity index (χ2v) is 8.69. The van der Waals surface area contributed by atoms with Crippen LogP contribution in [0, 0.1) is 6.92 Å². The van der Waals surface area contributed by atoms with Gasteiger partial charge in [0.2, 0.25) is 11.9 Å². The van der Waals surface area contributed by atoms with Crippen molar-refractivity contribution in [3.05, 3.63) is 64.5 Å². The van der Waals surface area contributed by atoms with E-state index >= 15 is 0 Å². The zero-order valence-corrected chi connectivity index (χ0v) is 18.6. The Morgan fingerprint density at radius 2 is 1.79 bits per heavy atom. The number of rotatable bonds is 7. The van der Waals surface area contributed by atoms with Gasteiger partial charge in [-0.15, -0.1) is 0 Å². The molecular formula is C24H27N7O2. The average molecular weight is 446 g/mol. The normalized spacial score (nSPS) is 15.5. The molecule has 2 N–H and O–H groups in total. The first-order valence-electron chi connectivity index (χ1n) is 11.4. The van der Waals surface area contributed by atoms with Gasteiger partial charge in [-0.1, -0.05) is 0 Å². The van der Waals surface area contributed by atoms with Crippen LogP contribution in [0.1, 0.15) is 43.0 Å². The van der Waals surface area contributed by atoms with Gasteiger partial charge in [-0.05, 0) is 56.9 Å². The second-order valence-electron chi connectivity index (χ2n) is 8.69. The molecule has 1 amide bonds. The lowest BCUT2D eigenvalue weighted by Gasteiger charge is -2.17. The summed E-state index contributed by atoms with van der Waals surface area (Å²) in [7, 11) is 0. The van der Waals surface area contributed by atoms with Crippen molar-refractivity contribution in [2.75, 3.05) is 28.6 Å². The minimum atomic E-state index is -0.281. The highest BCUT2D eigenvalue weighted by atomic mass is 16.2. The first kappa shape index (κ1) is 21.1. The predicted octanol–water partition coefficient (Wildman–Crippen LogP) is 3.20. The van der Waals surface area contributed by atoms with Gasteiger partial charge in [0.15, 0.2) is 0 Å². The number of hydrogen-bond donors (Lipinski definition) is 2. The zero-order chi connectivity index (χ0) is 22.8. The van der Waals surface area contributed by atoms with Crippen molar-refractivity contribution in [2.24, 2.45) is 0 Å². The van der Waals surface area contributed by atoms with Crippen LogP contribution in [0.15, 0.2) is 47.5 Å². The lowest BCUT2D eigenvalue weighted by molar-refractivity contribution is -0.116. The maximum absolute atomic E-state index is 12.4.